The van der Waals surface area contributed by atoms with Crippen LogP contribution in [-0.4, -0.2) is 51.7 Å². The molecule has 1 aliphatic heterocycles. The van der Waals surface area contributed by atoms with Crippen LogP contribution in [0.2, 0.25) is 0 Å². The lowest BCUT2D eigenvalue weighted by molar-refractivity contribution is -0.115. The standard InChI is InChI=1S/C16H24N4O3/c1-23-9-6-18-11-15(21)19-13-10-12(16(17)22)4-5-14(13)20-7-2-3-8-20/h4-5,10,18H,2-3,6-9,11H2,1H3,(H2,17,22)(H,19,21). The van der Waals surface area contributed by atoms with Gasteiger partial charge in [-0.05, 0) is 31.0 Å². The van der Waals surface area contributed by atoms with Crippen LogP contribution in [0, 0.1) is 0 Å². The van der Waals surface area contributed by atoms with Crippen molar-refractivity contribution in [2.75, 3.05) is 50.1 Å². The van der Waals surface area contributed by atoms with E-state index in [1.165, 1.54) is 0 Å². The Bertz CT molecular complexity index is 556. The van der Waals surface area contributed by atoms with E-state index in [2.05, 4.69) is 15.5 Å². The van der Waals surface area contributed by atoms with Crippen LogP contribution >= 0.6 is 0 Å². The molecular formula is C16H24N4O3. The molecule has 0 bridgehead atoms. The van der Waals surface area contributed by atoms with Crippen molar-refractivity contribution in [2.24, 2.45) is 5.73 Å². The van der Waals surface area contributed by atoms with Crippen LogP contribution in [0.5, 0.6) is 0 Å². The van der Waals surface area contributed by atoms with Crippen molar-refractivity contribution in [2.45, 2.75) is 12.8 Å². The second kappa shape index (κ2) is 8.50. The summed E-state index contributed by atoms with van der Waals surface area (Å²) < 4.78 is 4.92. The lowest BCUT2D eigenvalue weighted by Crippen LogP contribution is -2.31. The molecular weight excluding hydrogens is 296 g/mol. The molecule has 2 amide bonds. The topological polar surface area (TPSA) is 96.7 Å². The molecule has 0 radical (unpaired) electrons. The molecule has 7 heteroatoms. The summed E-state index contributed by atoms with van der Waals surface area (Å²) in [6.07, 6.45) is 2.26. The zero-order chi connectivity index (χ0) is 16.7. The van der Waals surface area contributed by atoms with E-state index in [0.29, 0.717) is 24.4 Å². The first kappa shape index (κ1) is 17.2. The maximum Gasteiger partial charge on any atom is 0.248 e. The monoisotopic (exact) mass is 320 g/mol. The van der Waals surface area contributed by atoms with E-state index in [4.69, 9.17) is 10.5 Å². The minimum absolute atomic E-state index is 0.164. The highest BCUT2D eigenvalue weighted by Crippen LogP contribution is 2.30. The summed E-state index contributed by atoms with van der Waals surface area (Å²) in [5, 5.41) is 5.86. The van der Waals surface area contributed by atoms with E-state index in [-0.39, 0.29) is 12.5 Å². The van der Waals surface area contributed by atoms with Crippen molar-refractivity contribution < 1.29 is 14.3 Å². The average molecular weight is 320 g/mol. The summed E-state index contributed by atoms with van der Waals surface area (Å²) in [5.74, 6) is -0.671. The predicted octanol–water partition coefficient (Wildman–Crippen LogP) is 0.560. The smallest absolute Gasteiger partial charge is 0.248 e. The van der Waals surface area contributed by atoms with Crippen molar-refractivity contribution in [3.05, 3.63) is 23.8 Å². The number of methoxy groups -OCH3 is 1. The molecule has 23 heavy (non-hydrogen) atoms. The van der Waals surface area contributed by atoms with E-state index in [9.17, 15) is 9.59 Å². The summed E-state index contributed by atoms with van der Waals surface area (Å²) >= 11 is 0. The Morgan fingerprint density at radius 2 is 2.04 bits per heavy atom. The summed E-state index contributed by atoms with van der Waals surface area (Å²) in [5.41, 5.74) is 7.28. The van der Waals surface area contributed by atoms with Gasteiger partial charge >= 0.3 is 0 Å². The summed E-state index contributed by atoms with van der Waals surface area (Å²) in [6.45, 7) is 3.23. The summed E-state index contributed by atoms with van der Waals surface area (Å²) in [7, 11) is 1.61. The number of carbonyl (C=O) groups is 2. The number of carbonyl (C=O) groups excluding carboxylic acids is 2. The normalized spacial score (nSPS) is 14.0. The van der Waals surface area contributed by atoms with Gasteiger partial charge in [0.25, 0.3) is 0 Å². The molecule has 0 spiro atoms. The molecule has 0 aromatic heterocycles. The fourth-order valence-corrected chi connectivity index (χ4v) is 2.59. The largest absolute Gasteiger partial charge is 0.383 e. The van der Waals surface area contributed by atoms with Crippen molar-refractivity contribution in [1.82, 2.24) is 5.32 Å². The van der Waals surface area contributed by atoms with Crippen LogP contribution in [0.25, 0.3) is 0 Å². The van der Waals surface area contributed by atoms with E-state index in [0.717, 1.165) is 31.6 Å². The quantitative estimate of drug-likeness (QED) is 0.608. The number of nitrogens with two attached hydrogens (primary N) is 1. The van der Waals surface area contributed by atoms with E-state index >= 15 is 0 Å². The first-order valence-corrected chi connectivity index (χ1v) is 7.80. The van der Waals surface area contributed by atoms with E-state index < -0.39 is 5.91 Å². The molecule has 1 aromatic carbocycles. The maximum atomic E-state index is 12.1. The van der Waals surface area contributed by atoms with Gasteiger partial charge in [0.05, 0.1) is 24.5 Å². The third-order valence-corrected chi connectivity index (χ3v) is 3.77. The number of amides is 2. The highest BCUT2D eigenvalue weighted by molar-refractivity contribution is 5.99. The molecule has 2 rings (SSSR count). The van der Waals surface area contributed by atoms with Gasteiger partial charge in [-0.15, -0.1) is 0 Å². The van der Waals surface area contributed by atoms with Gasteiger partial charge in [-0.3, -0.25) is 9.59 Å². The van der Waals surface area contributed by atoms with Gasteiger partial charge in [-0.25, -0.2) is 0 Å². The van der Waals surface area contributed by atoms with Crippen molar-refractivity contribution >= 4 is 23.2 Å². The van der Waals surface area contributed by atoms with Crippen molar-refractivity contribution in [3.8, 4) is 0 Å². The molecule has 1 fully saturated rings. The first-order chi connectivity index (χ1) is 11.1. The van der Waals surface area contributed by atoms with Crippen LogP contribution < -0.4 is 21.3 Å². The molecule has 0 atom stereocenters. The van der Waals surface area contributed by atoms with Gasteiger partial charge in [0.1, 0.15) is 0 Å². The van der Waals surface area contributed by atoms with Crippen LogP contribution in [0.3, 0.4) is 0 Å². The van der Waals surface area contributed by atoms with Crippen LogP contribution in [-0.2, 0) is 9.53 Å². The SMILES string of the molecule is COCCNCC(=O)Nc1cc(C(N)=O)ccc1N1CCCC1. The Balaban J connectivity index is 2.08. The Labute approximate surface area is 136 Å². The molecule has 1 heterocycles. The number of primary amides is 1. The maximum absolute atomic E-state index is 12.1. The number of hydrogen-bond donors (Lipinski definition) is 3. The highest BCUT2D eigenvalue weighted by Gasteiger charge is 2.18. The highest BCUT2D eigenvalue weighted by atomic mass is 16.5. The number of anilines is 2. The van der Waals surface area contributed by atoms with Crippen LogP contribution in [0.15, 0.2) is 18.2 Å². The summed E-state index contributed by atoms with van der Waals surface area (Å²) in [6, 6.07) is 5.19. The number of hydrogen-bond acceptors (Lipinski definition) is 5. The molecule has 0 saturated carbocycles. The zero-order valence-electron chi connectivity index (χ0n) is 13.4. The number of ether oxygens (including phenoxy) is 1. The van der Waals surface area contributed by atoms with Crippen LogP contribution in [0.4, 0.5) is 11.4 Å². The minimum atomic E-state index is -0.508. The Morgan fingerprint density at radius 3 is 2.70 bits per heavy atom. The van der Waals surface area contributed by atoms with Gasteiger partial charge in [-0.1, -0.05) is 0 Å². The lowest BCUT2D eigenvalue weighted by atomic mass is 10.1. The van der Waals surface area contributed by atoms with Crippen molar-refractivity contribution in [3.63, 3.8) is 0 Å². The third kappa shape index (κ3) is 4.94. The number of benzene rings is 1. The first-order valence-electron chi connectivity index (χ1n) is 7.80. The van der Waals surface area contributed by atoms with Gasteiger partial charge in [0.15, 0.2) is 0 Å². The number of nitrogens with zero attached hydrogens (tertiary/aromatic N) is 1. The molecule has 1 aromatic rings. The summed E-state index contributed by atoms with van der Waals surface area (Å²) in [4.78, 5) is 25.7. The second-order valence-corrected chi connectivity index (χ2v) is 5.51. The van der Waals surface area contributed by atoms with Gasteiger partial charge in [0, 0.05) is 32.3 Å². The molecule has 0 aliphatic carbocycles. The molecule has 4 N–H and O–H groups in total. The predicted molar refractivity (Wildman–Crippen MR) is 89.8 cm³/mol. The van der Waals surface area contributed by atoms with Gasteiger partial charge in [-0.2, -0.15) is 0 Å². The van der Waals surface area contributed by atoms with Crippen LogP contribution in [0.1, 0.15) is 23.2 Å². The fraction of sp³-hybridized carbons (Fsp3) is 0.500. The third-order valence-electron chi connectivity index (χ3n) is 3.77. The average Bonchev–Trinajstić information content (AvgIpc) is 3.05. The number of rotatable bonds is 8. The molecule has 126 valence electrons. The zero-order valence-corrected chi connectivity index (χ0v) is 13.4. The Hall–Kier alpha value is -2.12. The minimum Gasteiger partial charge on any atom is -0.383 e. The fourth-order valence-electron chi connectivity index (χ4n) is 2.59. The molecule has 0 unspecified atom stereocenters. The van der Waals surface area contributed by atoms with E-state index in [1.54, 1.807) is 19.2 Å². The lowest BCUT2D eigenvalue weighted by Gasteiger charge is -2.22. The molecule has 7 nitrogen and oxygen atoms in total. The second-order valence-electron chi connectivity index (χ2n) is 5.51. The Morgan fingerprint density at radius 1 is 1.30 bits per heavy atom. The molecule has 1 saturated heterocycles. The molecule has 1 aliphatic rings. The Kier molecular flexibility index (Phi) is 6.37. The van der Waals surface area contributed by atoms with Gasteiger partial charge < -0.3 is 26.0 Å². The van der Waals surface area contributed by atoms with Crippen molar-refractivity contribution in [1.29, 1.82) is 0 Å². The number of nitrogens with one attached hydrogen (secondary N) is 2. The van der Waals surface area contributed by atoms with E-state index in [1.807, 2.05) is 6.07 Å². The van der Waals surface area contributed by atoms with Gasteiger partial charge in [0.2, 0.25) is 11.8 Å².